The Morgan fingerprint density at radius 2 is 2.00 bits per heavy atom. The predicted molar refractivity (Wildman–Crippen MR) is 104 cm³/mol. The molecule has 0 spiro atoms. The van der Waals surface area contributed by atoms with Crippen molar-refractivity contribution < 1.29 is 4.79 Å². The van der Waals surface area contributed by atoms with Crippen molar-refractivity contribution in [3.05, 3.63) is 35.9 Å². The minimum absolute atomic E-state index is 0.0339. The summed E-state index contributed by atoms with van der Waals surface area (Å²) in [6, 6.07) is 10.8. The van der Waals surface area contributed by atoms with Crippen LogP contribution in [0.5, 0.6) is 0 Å². The third-order valence-corrected chi connectivity index (χ3v) is 5.17. The highest BCUT2D eigenvalue weighted by molar-refractivity contribution is 5.84. The van der Waals surface area contributed by atoms with E-state index in [2.05, 4.69) is 57.8 Å². The molecule has 0 bridgehead atoms. The summed E-state index contributed by atoms with van der Waals surface area (Å²) in [7, 11) is 3.48. The number of aliphatic imine (C=N–C) groups is 1. The van der Waals surface area contributed by atoms with E-state index in [0.29, 0.717) is 18.4 Å². The highest BCUT2D eigenvalue weighted by Gasteiger charge is 2.31. The van der Waals surface area contributed by atoms with E-state index in [-0.39, 0.29) is 5.91 Å². The van der Waals surface area contributed by atoms with E-state index in [1.54, 1.807) is 7.05 Å². The molecule has 2 rings (SSSR count). The summed E-state index contributed by atoms with van der Waals surface area (Å²) in [5.74, 6) is 2.07. The molecule has 0 saturated carbocycles. The van der Waals surface area contributed by atoms with Crippen LogP contribution >= 0.6 is 0 Å². The first-order chi connectivity index (χ1) is 11.9. The maximum Gasteiger partial charge on any atom is 0.227 e. The summed E-state index contributed by atoms with van der Waals surface area (Å²) in [6.07, 6.45) is 1.12. The molecule has 2 unspecified atom stereocenters. The molecule has 25 heavy (non-hydrogen) atoms. The SMILES string of the molecule is CN=C(NCC(C)(C)C(=O)NC)N1CCC(c2ccccc2)C(C)C1. The Labute approximate surface area is 151 Å². The second-order valence-corrected chi connectivity index (χ2v) is 7.59. The molecular weight excluding hydrogens is 312 g/mol. The molecule has 1 amide bonds. The Bertz CT molecular complexity index is 597. The van der Waals surface area contributed by atoms with Crippen molar-refractivity contribution in [2.75, 3.05) is 33.7 Å². The van der Waals surface area contributed by atoms with Gasteiger partial charge in [-0.25, -0.2) is 0 Å². The van der Waals surface area contributed by atoms with Gasteiger partial charge < -0.3 is 15.5 Å². The Kier molecular flexibility index (Phi) is 6.45. The highest BCUT2D eigenvalue weighted by Crippen LogP contribution is 2.32. The van der Waals surface area contributed by atoms with Gasteiger partial charge in [0.15, 0.2) is 5.96 Å². The summed E-state index contributed by atoms with van der Waals surface area (Å²) in [5.41, 5.74) is 0.955. The fourth-order valence-corrected chi connectivity index (χ4v) is 3.58. The van der Waals surface area contributed by atoms with Gasteiger partial charge >= 0.3 is 0 Å². The lowest BCUT2D eigenvalue weighted by Gasteiger charge is -2.39. The average Bonchev–Trinajstić information content (AvgIpc) is 2.62. The number of benzene rings is 1. The summed E-state index contributed by atoms with van der Waals surface area (Å²) in [6.45, 7) is 8.70. The van der Waals surface area contributed by atoms with Crippen LogP contribution in [0.3, 0.4) is 0 Å². The van der Waals surface area contributed by atoms with Gasteiger partial charge in [-0.15, -0.1) is 0 Å². The highest BCUT2D eigenvalue weighted by atomic mass is 16.2. The van der Waals surface area contributed by atoms with Crippen LogP contribution in [0.2, 0.25) is 0 Å². The first kappa shape index (κ1) is 19.3. The van der Waals surface area contributed by atoms with E-state index in [0.717, 1.165) is 25.5 Å². The number of hydrogen-bond acceptors (Lipinski definition) is 2. The number of amides is 1. The topological polar surface area (TPSA) is 56.7 Å². The third-order valence-electron chi connectivity index (χ3n) is 5.17. The Hall–Kier alpha value is -2.04. The molecule has 1 aliphatic heterocycles. The van der Waals surface area contributed by atoms with E-state index in [9.17, 15) is 4.79 Å². The molecule has 138 valence electrons. The third kappa shape index (κ3) is 4.74. The molecule has 0 radical (unpaired) electrons. The van der Waals surface area contributed by atoms with Gasteiger partial charge in [0.05, 0.1) is 5.41 Å². The van der Waals surface area contributed by atoms with E-state index >= 15 is 0 Å². The van der Waals surface area contributed by atoms with Crippen molar-refractivity contribution in [1.29, 1.82) is 0 Å². The van der Waals surface area contributed by atoms with Gasteiger partial charge in [-0.05, 0) is 37.7 Å². The fraction of sp³-hybridized carbons (Fsp3) is 0.600. The zero-order valence-corrected chi connectivity index (χ0v) is 16.2. The quantitative estimate of drug-likeness (QED) is 0.652. The largest absolute Gasteiger partial charge is 0.359 e. The Balaban J connectivity index is 1.96. The zero-order chi connectivity index (χ0) is 18.4. The van der Waals surface area contributed by atoms with Gasteiger partial charge in [0, 0.05) is 33.7 Å². The fourth-order valence-electron chi connectivity index (χ4n) is 3.58. The molecule has 1 aromatic rings. The molecule has 1 saturated heterocycles. The lowest BCUT2D eigenvalue weighted by Crippen LogP contribution is -2.51. The molecule has 2 atom stereocenters. The minimum Gasteiger partial charge on any atom is -0.359 e. The van der Waals surface area contributed by atoms with Gasteiger partial charge in [0.1, 0.15) is 0 Å². The second-order valence-electron chi connectivity index (χ2n) is 7.59. The lowest BCUT2D eigenvalue weighted by molar-refractivity contribution is -0.128. The molecule has 2 N–H and O–H groups in total. The number of likely N-dealkylation sites (tertiary alicyclic amines) is 1. The van der Waals surface area contributed by atoms with Gasteiger partial charge in [-0.1, -0.05) is 37.3 Å². The number of carbonyl (C=O) groups excluding carboxylic acids is 1. The number of hydrogen-bond donors (Lipinski definition) is 2. The van der Waals surface area contributed by atoms with E-state index in [4.69, 9.17) is 0 Å². The van der Waals surface area contributed by atoms with E-state index in [1.807, 2.05) is 20.9 Å². The van der Waals surface area contributed by atoms with Gasteiger partial charge in [0.2, 0.25) is 5.91 Å². The molecule has 1 aliphatic rings. The van der Waals surface area contributed by atoms with Gasteiger partial charge in [0.25, 0.3) is 0 Å². The number of carbonyl (C=O) groups is 1. The number of rotatable bonds is 4. The average molecular weight is 345 g/mol. The molecule has 5 heteroatoms. The number of piperidine rings is 1. The van der Waals surface area contributed by atoms with Crippen LogP contribution < -0.4 is 10.6 Å². The first-order valence-electron chi connectivity index (χ1n) is 9.11. The molecule has 0 aromatic heterocycles. The predicted octanol–water partition coefficient (Wildman–Crippen LogP) is 2.46. The van der Waals surface area contributed by atoms with Gasteiger partial charge in [-0.2, -0.15) is 0 Å². The summed E-state index contributed by atoms with van der Waals surface area (Å²) < 4.78 is 0. The number of nitrogens with one attached hydrogen (secondary N) is 2. The number of nitrogens with zero attached hydrogens (tertiary/aromatic N) is 2. The Morgan fingerprint density at radius 3 is 2.56 bits per heavy atom. The van der Waals surface area contributed by atoms with Crippen molar-refractivity contribution in [3.63, 3.8) is 0 Å². The van der Waals surface area contributed by atoms with Crippen molar-refractivity contribution in [1.82, 2.24) is 15.5 Å². The van der Waals surface area contributed by atoms with Crippen molar-refractivity contribution in [2.45, 2.75) is 33.1 Å². The van der Waals surface area contributed by atoms with Crippen molar-refractivity contribution in [3.8, 4) is 0 Å². The van der Waals surface area contributed by atoms with Crippen LogP contribution in [0, 0.1) is 11.3 Å². The molecule has 0 aliphatic carbocycles. The van der Waals surface area contributed by atoms with Crippen LogP contribution in [0.15, 0.2) is 35.3 Å². The van der Waals surface area contributed by atoms with Gasteiger partial charge in [-0.3, -0.25) is 9.79 Å². The summed E-state index contributed by atoms with van der Waals surface area (Å²) >= 11 is 0. The van der Waals surface area contributed by atoms with Crippen molar-refractivity contribution in [2.24, 2.45) is 16.3 Å². The number of guanidine groups is 1. The Morgan fingerprint density at radius 1 is 1.32 bits per heavy atom. The summed E-state index contributed by atoms with van der Waals surface area (Å²) in [4.78, 5) is 18.7. The maximum absolute atomic E-state index is 12.0. The normalized spacial score (nSPS) is 21.8. The second kappa shape index (κ2) is 8.37. The first-order valence-corrected chi connectivity index (χ1v) is 9.11. The van der Waals surface area contributed by atoms with E-state index < -0.39 is 5.41 Å². The van der Waals surface area contributed by atoms with E-state index in [1.165, 1.54) is 5.56 Å². The molecular formula is C20H32N4O. The smallest absolute Gasteiger partial charge is 0.227 e. The van der Waals surface area contributed by atoms with Crippen LogP contribution in [-0.4, -0.2) is 50.5 Å². The molecule has 1 fully saturated rings. The van der Waals surface area contributed by atoms with Crippen LogP contribution in [0.25, 0.3) is 0 Å². The molecule has 1 heterocycles. The molecule has 1 aromatic carbocycles. The lowest BCUT2D eigenvalue weighted by atomic mass is 9.81. The van der Waals surface area contributed by atoms with Crippen LogP contribution in [0.1, 0.15) is 38.7 Å². The van der Waals surface area contributed by atoms with Crippen molar-refractivity contribution >= 4 is 11.9 Å². The van der Waals surface area contributed by atoms with Crippen LogP contribution in [-0.2, 0) is 4.79 Å². The zero-order valence-electron chi connectivity index (χ0n) is 16.2. The van der Waals surface area contributed by atoms with Crippen LogP contribution in [0.4, 0.5) is 0 Å². The standard InChI is InChI=1S/C20H32N4O/c1-15-13-24(12-11-17(15)16-9-7-6-8-10-16)19(22-5)23-14-20(2,3)18(25)21-4/h6-10,15,17H,11-14H2,1-5H3,(H,21,25)(H,22,23). The maximum atomic E-state index is 12.0. The summed E-state index contributed by atoms with van der Waals surface area (Å²) in [5, 5.41) is 6.11. The monoisotopic (exact) mass is 344 g/mol. The molecule has 5 nitrogen and oxygen atoms in total. The minimum atomic E-state index is -0.474.